The van der Waals surface area contributed by atoms with Crippen LogP contribution in [-0.2, 0) is 25.5 Å². The number of methoxy groups -OCH3 is 2. The summed E-state index contributed by atoms with van der Waals surface area (Å²) in [6.45, 7) is 1.74. The highest BCUT2D eigenvalue weighted by Gasteiger charge is 2.51. The van der Waals surface area contributed by atoms with E-state index in [1.165, 1.54) is 6.07 Å². The molecule has 0 fully saturated rings. The van der Waals surface area contributed by atoms with E-state index in [0.29, 0.717) is 5.56 Å². The van der Waals surface area contributed by atoms with Crippen LogP contribution in [0.2, 0.25) is 0 Å². The Morgan fingerprint density at radius 1 is 1.33 bits per heavy atom. The van der Waals surface area contributed by atoms with Crippen LogP contribution in [0.3, 0.4) is 0 Å². The molecule has 0 saturated heterocycles. The summed E-state index contributed by atoms with van der Waals surface area (Å²) in [5, 5.41) is 20.4. The first-order valence-electron chi connectivity index (χ1n) is 8.04. The highest BCUT2D eigenvalue weighted by atomic mass is 32.2. The fourth-order valence-electron chi connectivity index (χ4n) is 3.13. The minimum Gasteiger partial charge on any atom is -0.507 e. The van der Waals surface area contributed by atoms with Gasteiger partial charge in [-0.1, -0.05) is 11.8 Å². The van der Waals surface area contributed by atoms with E-state index in [1.807, 2.05) is 0 Å². The van der Waals surface area contributed by atoms with Gasteiger partial charge in [0.1, 0.15) is 16.7 Å². The average Bonchev–Trinajstić information content (AvgIpc) is 3.05. The number of fused-ring (bicyclic) bond motifs is 2. The second kappa shape index (κ2) is 6.90. The lowest BCUT2D eigenvalue weighted by molar-refractivity contribution is -0.169. The predicted molar refractivity (Wildman–Crippen MR) is 95.8 cm³/mol. The molecule has 3 rings (SSSR count). The maximum absolute atomic E-state index is 12.8. The number of aryl methyl sites for hydroxylation is 1. The van der Waals surface area contributed by atoms with E-state index in [1.54, 1.807) is 13.0 Å². The number of hydrogen-bond donors (Lipinski definition) is 2. The molecule has 1 unspecified atom stereocenters. The van der Waals surface area contributed by atoms with E-state index in [2.05, 4.69) is 9.47 Å². The van der Waals surface area contributed by atoms with Crippen LogP contribution in [0.25, 0.3) is 11.0 Å². The van der Waals surface area contributed by atoms with Gasteiger partial charge >= 0.3 is 11.9 Å². The molecule has 1 aliphatic heterocycles. The third-order valence-electron chi connectivity index (χ3n) is 4.53. The number of thioether (sulfide) groups is 1. The number of esters is 2. The minimum absolute atomic E-state index is 0.0335. The normalized spacial score (nSPS) is 18.0. The molecule has 1 aromatic heterocycles. The maximum Gasteiger partial charge on any atom is 0.339 e. The summed E-state index contributed by atoms with van der Waals surface area (Å²) >= 11 is 0.973. The van der Waals surface area contributed by atoms with Gasteiger partial charge in [-0.3, -0.25) is 9.59 Å². The Bertz CT molecular complexity index is 995. The number of rotatable bonds is 4. The zero-order valence-corrected chi connectivity index (χ0v) is 15.7. The Morgan fingerprint density at radius 2 is 2.04 bits per heavy atom. The number of hydrogen-bond acceptors (Lipinski definition) is 9. The van der Waals surface area contributed by atoms with Gasteiger partial charge in [-0.05, 0) is 31.0 Å². The van der Waals surface area contributed by atoms with E-state index in [-0.39, 0.29) is 33.8 Å². The van der Waals surface area contributed by atoms with Crippen molar-refractivity contribution >= 4 is 34.7 Å². The Hall–Kier alpha value is -2.52. The van der Waals surface area contributed by atoms with E-state index < -0.39 is 34.6 Å². The quantitative estimate of drug-likeness (QED) is 0.738. The Balaban J connectivity index is 2.08. The molecule has 2 heterocycles. The van der Waals surface area contributed by atoms with Gasteiger partial charge in [-0.15, -0.1) is 0 Å². The molecule has 0 amide bonds. The number of carbonyl (C=O) groups excluding carboxylic acids is 2. The van der Waals surface area contributed by atoms with Crippen LogP contribution in [0.5, 0.6) is 5.75 Å². The van der Waals surface area contributed by atoms with Crippen molar-refractivity contribution in [3.8, 4) is 5.75 Å². The van der Waals surface area contributed by atoms with Gasteiger partial charge in [0.15, 0.2) is 10.7 Å². The molecule has 144 valence electrons. The van der Waals surface area contributed by atoms with Crippen molar-refractivity contribution in [2.75, 3.05) is 14.2 Å². The summed E-state index contributed by atoms with van der Waals surface area (Å²) < 4.78 is 15.0. The first-order valence-corrected chi connectivity index (χ1v) is 8.92. The van der Waals surface area contributed by atoms with Gasteiger partial charge < -0.3 is 24.1 Å². The van der Waals surface area contributed by atoms with Crippen molar-refractivity contribution in [3.63, 3.8) is 0 Å². The molecule has 0 aliphatic carbocycles. The van der Waals surface area contributed by atoms with Gasteiger partial charge in [-0.25, -0.2) is 4.79 Å². The third kappa shape index (κ3) is 3.17. The maximum atomic E-state index is 12.8. The van der Waals surface area contributed by atoms with Gasteiger partial charge in [0.25, 0.3) is 0 Å². The molecule has 8 nitrogen and oxygen atoms in total. The van der Waals surface area contributed by atoms with Crippen molar-refractivity contribution in [2.45, 2.75) is 35.7 Å². The molecular weight excluding hydrogens is 376 g/mol. The second-order valence-corrected chi connectivity index (χ2v) is 7.51. The molecule has 0 saturated carbocycles. The van der Waals surface area contributed by atoms with Crippen LogP contribution in [0.15, 0.2) is 26.4 Å². The number of phenolic OH excluding ortho intramolecular Hbond substituents is 1. The Labute approximate surface area is 158 Å². The molecule has 27 heavy (non-hydrogen) atoms. The van der Waals surface area contributed by atoms with Gasteiger partial charge in [0.05, 0.1) is 31.5 Å². The molecule has 0 spiro atoms. The third-order valence-corrected chi connectivity index (χ3v) is 5.91. The first kappa shape index (κ1) is 19.2. The average molecular weight is 394 g/mol. The first-order chi connectivity index (χ1) is 12.7. The van der Waals surface area contributed by atoms with Crippen molar-refractivity contribution in [1.82, 2.24) is 0 Å². The summed E-state index contributed by atoms with van der Waals surface area (Å²) in [4.78, 5) is 36.7. The second-order valence-electron chi connectivity index (χ2n) is 6.33. The number of ether oxygens (including phenoxy) is 2. The molecule has 2 atom stereocenters. The van der Waals surface area contributed by atoms with Crippen molar-refractivity contribution in [2.24, 2.45) is 0 Å². The van der Waals surface area contributed by atoms with E-state index in [4.69, 9.17) is 4.42 Å². The molecule has 2 aromatic rings. The zero-order valence-electron chi connectivity index (χ0n) is 14.9. The Morgan fingerprint density at radius 3 is 2.67 bits per heavy atom. The number of aliphatic hydroxyl groups is 1. The van der Waals surface area contributed by atoms with Crippen LogP contribution in [-0.4, -0.2) is 47.2 Å². The van der Waals surface area contributed by atoms with Gasteiger partial charge in [-0.2, -0.15) is 0 Å². The Kier molecular flexibility index (Phi) is 4.92. The summed E-state index contributed by atoms with van der Waals surface area (Å²) in [7, 11) is 2.23. The summed E-state index contributed by atoms with van der Waals surface area (Å²) in [5.74, 6) is -2.00. The SMILES string of the molecule is COC(=O)CC(O)(C(=O)OC)[C@@H]1Cc2c(oc3cc(C)cc(O)c3c2=O)S1. The van der Waals surface area contributed by atoms with E-state index in [0.717, 1.165) is 26.0 Å². The zero-order chi connectivity index (χ0) is 19.9. The number of phenols is 1. The summed E-state index contributed by atoms with van der Waals surface area (Å²) in [5.41, 5.74) is -1.50. The van der Waals surface area contributed by atoms with Gasteiger partial charge in [0, 0.05) is 0 Å². The van der Waals surface area contributed by atoms with E-state index >= 15 is 0 Å². The standard InChI is InChI=1S/C18H18O8S/c1-8-4-10(19)14-11(5-8)26-16-9(15(14)21)6-12(27-16)18(23,17(22)25-3)7-13(20)24-2/h4-5,12,19,23H,6-7H2,1-3H3/t12-,18?/m0/s1. The highest BCUT2D eigenvalue weighted by Crippen LogP contribution is 2.44. The molecule has 1 aliphatic rings. The fourth-order valence-corrected chi connectivity index (χ4v) is 4.47. The molecule has 1 aromatic carbocycles. The van der Waals surface area contributed by atoms with Crippen LogP contribution in [0.1, 0.15) is 17.5 Å². The highest BCUT2D eigenvalue weighted by molar-refractivity contribution is 8.00. The molecular formula is C18H18O8S. The van der Waals surface area contributed by atoms with Crippen molar-refractivity contribution in [1.29, 1.82) is 0 Å². The molecule has 0 radical (unpaired) electrons. The smallest absolute Gasteiger partial charge is 0.339 e. The predicted octanol–water partition coefficient (Wildman–Crippen LogP) is 1.29. The minimum atomic E-state index is -2.20. The monoisotopic (exact) mass is 394 g/mol. The lowest BCUT2D eigenvalue weighted by atomic mass is 9.91. The lowest BCUT2D eigenvalue weighted by Gasteiger charge is -2.28. The fraction of sp³-hybridized carbons (Fsp3) is 0.389. The van der Waals surface area contributed by atoms with Gasteiger partial charge in [0.2, 0.25) is 5.43 Å². The van der Waals surface area contributed by atoms with Crippen LogP contribution in [0, 0.1) is 6.92 Å². The van der Waals surface area contributed by atoms with Crippen LogP contribution in [0.4, 0.5) is 0 Å². The van der Waals surface area contributed by atoms with Crippen LogP contribution < -0.4 is 5.43 Å². The van der Waals surface area contributed by atoms with Crippen molar-refractivity contribution in [3.05, 3.63) is 33.5 Å². The van der Waals surface area contributed by atoms with Crippen molar-refractivity contribution < 1.29 is 33.7 Å². The number of carbonyl (C=O) groups is 2. The number of benzene rings is 1. The lowest BCUT2D eigenvalue weighted by Crippen LogP contribution is -2.50. The van der Waals surface area contributed by atoms with E-state index in [9.17, 15) is 24.6 Å². The number of aromatic hydroxyl groups is 1. The largest absolute Gasteiger partial charge is 0.507 e. The molecule has 2 N–H and O–H groups in total. The topological polar surface area (TPSA) is 123 Å². The molecule has 9 heteroatoms. The van der Waals surface area contributed by atoms with Crippen LogP contribution >= 0.6 is 11.8 Å². The molecule has 0 bridgehead atoms. The summed E-state index contributed by atoms with van der Waals surface area (Å²) in [6.07, 6.45) is -0.659. The summed E-state index contributed by atoms with van der Waals surface area (Å²) in [6, 6.07) is 3.07.